The molecule has 2 rings (SSSR count). The molecule has 1 aromatic carbocycles. The molecule has 1 saturated carbocycles. The zero-order chi connectivity index (χ0) is 17.9. The van der Waals surface area contributed by atoms with E-state index in [0.717, 1.165) is 32.8 Å². The number of hydrogen-bond acceptors (Lipinski definition) is 2. The lowest BCUT2D eigenvalue weighted by molar-refractivity contribution is -0.141. The van der Waals surface area contributed by atoms with Gasteiger partial charge in [-0.05, 0) is 56.1 Å². The predicted octanol–water partition coefficient (Wildman–Crippen LogP) is 5.53. The maximum Gasteiger partial charge on any atom is 0.422 e. The van der Waals surface area contributed by atoms with Gasteiger partial charge in [0.15, 0.2) is 11.6 Å². The van der Waals surface area contributed by atoms with Gasteiger partial charge in [0.25, 0.3) is 0 Å². The van der Waals surface area contributed by atoms with Crippen LogP contribution in [0.3, 0.4) is 0 Å². The molecule has 2 nitrogen and oxygen atoms in total. The number of rotatable bonds is 5. The molecule has 0 unspecified atom stereocenters. The van der Waals surface area contributed by atoms with Gasteiger partial charge in [-0.2, -0.15) is 13.2 Å². The lowest BCUT2D eigenvalue weighted by atomic mass is 9.82. The molecule has 0 radical (unpaired) electrons. The number of halogens is 4. The summed E-state index contributed by atoms with van der Waals surface area (Å²) in [5.74, 6) is -1.66. The van der Waals surface area contributed by atoms with Gasteiger partial charge in [0.05, 0.1) is 13.7 Å². The Balaban J connectivity index is 2.20. The average Bonchev–Trinajstić information content (AvgIpc) is 2.54. The van der Waals surface area contributed by atoms with Crippen molar-refractivity contribution in [2.45, 2.75) is 38.8 Å². The van der Waals surface area contributed by atoms with Crippen LogP contribution in [-0.4, -0.2) is 13.7 Å². The standard InChI is InChI=1S/C18H22F4O2/c1-4-12-5-7-13(8-6-12)10-24-17-11(2)9-14(23-3)16(19)15(17)18(20,21)22/h4,9,12-13H,1,5-8,10H2,2-3H3. The van der Waals surface area contributed by atoms with Crippen molar-refractivity contribution in [2.24, 2.45) is 11.8 Å². The Labute approximate surface area is 139 Å². The third kappa shape index (κ3) is 4.02. The first kappa shape index (κ1) is 18.6. The van der Waals surface area contributed by atoms with Crippen molar-refractivity contribution in [3.05, 3.63) is 35.7 Å². The fourth-order valence-corrected chi connectivity index (χ4v) is 3.13. The summed E-state index contributed by atoms with van der Waals surface area (Å²) in [6.45, 7) is 5.38. The van der Waals surface area contributed by atoms with Crippen LogP contribution >= 0.6 is 0 Å². The highest BCUT2D eigenvalue weighted by Gasteiger charge is 2.40. The first-order valence-electron chi connectivity index (χ1n) is 7.97. The average molecular weight is 346 g/mol. The van der Waals surface area contributed by atoms with Gasteiger partial charge in [-0.15, -0.1) is 6.58 Å². The summed E-state index contributed by atoms with van der Waals surface area (Å²) in [5, 5.41) is 0. The van der Waals surface area contributed by atoms with Crippen LogP contribution in [0.15, 0.2) is 18.7 Å². The van der Waals surface area contributed by atoms with E-state index in [4.69, 9.17) is 9.47 Å². The second kappa shape index (κ2) is 7.45. The van der Waals surface area contributed by atoms with Gasteiger partial charge in [-0.1, -0.05) is 6.08 Å². The number of aryl methyl sites for hydroxylation is 1. The van der Waals surface area contributed by atoms with Crippen molar-refractivity contribution in [1.29, 1.82) is 0 Å². The van der Waals surface area contributed by atoms with E-state index in [1.54, 1.807) is 0 Å². The Morgan fingerprint density at radius 1 is 1.25 bits per heavy atom. The van der Waals surface area contributed by atoms with Crippen LogP contribution in [0.4, 0.5) is 17.6 Å². The van der Waals surface area contributed by atoms with Crippen molar-refractivity contribution in [3.63, 3.8) is 0 Å². The second-order valence-corrected chi connectivity index (χ2v) is 6.24. The fourth-order valence-electron chi connectivity index (χ4n) is 3.13. The van der Waals surface area contributed by atoms with E-state index < -0.39 is 29.1 Å². The van der Waals surface area contributed by atoms with Crippen LogP contribution in [0, 0.1) is 24.6 Å². The van der Waals surface area contributed by atoms with Crippen LogP contribution in [-0.2, 0) is 6.18 Å². The minimum atomic E-state index is -4.85. The van der Waals surface area contributed by atoms with Gasteiger partial charge >= 0.3 is 6.18 Å². The summed E-state index contributed by atoms with van der Waals surface area (Å²) in [6, 6.07) is 1.23. The van der Waals surface area contributed by atoms with E-state index in [1.807, 2.05) is 6.08 Å². The Kier molecular flexibility index (Phi) is 5.78. The van der Waals surface area contributed by atoms with Crippen LogP contribution in [0.25, 0.3) is 0 Å². The number of methoxy groups -OCH3 is 1. The van der Waals surface area contributed by atoms with E-state index in [9.17, 15) is 17.6 Å². The summed E-state index contributed by atoms with van der Waals surface area (Å²) in [6.07, 6.45) is 0.728. The van der Waals surface area contributed by atoms with E-state index in [2.05, 4.69) is 6.58 Å². The monoisotopic (exact) mass is 346 g/mol. The maximum atomic E-state index is 14.1. The molecule has 134 valence electrons. The molecule has 6 heteroatoms. The molecule has 1 fully saturated rings. The summed E-state index contributed by atoms with van der Waals surface area (Å²) < 4.78 is 64.1. The van der Waals surface area contributed by atoms with Crippen LogP contribution in [0.1, 0.15) is 36.8 Å². The van der Waals surface area contributed by atoms with Crippen molar-refractivity contribution < 1.29 is 27.0 Å². The van der Waals surface area contributed by atoms with Gasteiger partial charge in [-0.3, -0.25) is 0 Å². The van der Waals surface area contributed by atoms with Crippen LogP contribution in [0.5, 0.6) is 11.5 Å². The highest BCUT2D eigenvalue weighted by Crippen LogP contribution is 2.43. The first-order valence-corrected chi connectivity index (χ1v) is 7.97. The Hall–Kier alpha value is -1.72. The highest BCUT2D eigenvalue weighted by molar-refractivity contribution is 5.49. The minimum Gasteiger partial charge on any atom is -0.494 e. The predicted molar refractivity (Wildman–Crippen MR) is 83.8 cm³/mol. The molecule has 1 aromatic rings. The summed E-state index contributed by atoms with van der Waals surface area (Å²) in [4.78, 5) is 0. The van der Waals surface area contributed by atoms with Crippen molar-refractivity contribution in [1.82, 2.24) is 0 Å². The fraction of sp³-hybridized carbons (Fsp3) is 0.556. The van der Waals surface area contributed by atoms with Crippen LogP contribution in [0.2, 0.25) is 0 Å². The molecular weight excluding hydrogens is 324 g/mol. The largest absolute Gasteiger partial charge is 0.494 e. The Bertz CT molecular complexity index is 588. The third-order valence-corrected chi connectivity index (χ3v) is 4.56. The quantitative estimate of drug-likeness (QED) is 0.515. The molecule has 0 bridgehead atoms. The third-order valence-electron chi connectivity index (χ3n) is 4.56. The molecule has 0 amide bonds. The molecule has 1 aliphatic rings. The molecular formula is C18H22F4O2. The highest BCUT2D eigenvalue weighted by atomic mass is 19.4. The zero-order valence-corrected chi connectivity index (χ0v) is 13.9. The van der Waals surface area contributed by atoms with Gasteiger partial charge in [0, 0.05) is 0 Å². The Morgan fingerprint density at radius 3 is 2.38 bits per heavy atom. The molecule has 0 aliphatic heterocycles. The van der Waals surface area contributed by atoms with E-state index in [0.29, 0.717) is 5.92 Å². The first-order chi connectivity index (χ1) is 11.3. The molecule has 0 saturated heterocycles. The van der Waals surface area contributed by atoms with E-state index in [-0.39, 0.29) is 18.1 Å². The molecule has 0 heterocycles. The van der Waals surface area contributed by atoms with Crippen molar-refractivity contribution in [2.75, 3.05) is 13.7 Å². The van der Waals surface area contributed by atoms with Crippen LogP contribution < -0.4 is 9.47 Å². The number of allylic oxidation sites excluding steroid dienone is 1. The zero-order valence-electron chi connectivity index (χ0n) is 13.9. The lowest BCUT2D eigenvalue weighted by Gasteiger charge is -2.27. The van der Waals surface area contributed by atoms with Gasteiger partial charge in [0.2, 0.25) is 0 Å². The normalized spacial score (nSPS) is 21.4. The molecule has 0 aromatic heterocycles. The minimum absolute atomic E-state index is 0.152. The molecule has 24 heavy (non-hydrogen) atoms. The van der Waals surface area contributed by atoms with Gasteiger partial charge in [0.1, 0.15) is 11.3 Å². The molecule has 0 spiro atoms. The number of hydrogen-bond donors (Lipinski definition) is 0. The van der Waals surface area contributed by atoms with Gasteiger partial charge < -0.3 is 9.47 Å². The van der Waals surface area contributed by atoms with E-state index in [1.165, 1.54) is 13.0 Å². The second-order valence-electron chi connectivity index (χ2n) is 6.24. The molecule has 0 atom stereocenters. The van der Waals surface area contributed by atoms with Crippen molar-refractivity contribution in [3.8, 4) is 11.5 Å². The maximum absolute atomic E-state index is 14.1. The Morgan fingerprint density at radius 2 is 1.88 bits per heavy atom. The lowest BCUT2D eigenvalue weighted by Crippen LogP contribution is -2.21. The van der Waals surface area contributed by atoms with E-state index >= 15 is 0 Å². The number of alkyl halides is 3. The van der Waals surface area contributed by atoms with Gasteiger partial charge in [-0.25, -0.2) is 4.39 Å². The SMILES string of the molecule is C=CC1CCC(COc2c(C)cc(OC)c(F)c2C(F)(F)F)CC1. The molecule has 0 N–H and O–H groups in total. The topological polar surface area (TPSA) is 18.5 Å². The summed E-state index contributed by atoms with van der Waals surface area (Å²) >= 11 is 0. The number of benzene rings is 1. The smallest absolute Gasteiger partial charge is 0.422 e. The number of ether oxygens (including phenoxy) is 2. The summed E-state index contributed by atoms with van der Waals surface area (Å²) in [7, 11) is 1.14. The van der Waals surface area contributed by atoms with Crippen molar-refractivity contribution >= 4 is 0 Å². The summed E-state index contributed by atoms with van der Waals surface area (Å²) in [5.41, 5.74) is -1.18. The molecule has 1 aliphatic carbocycles.